The zero-order valence-corrected chi connectivity index (χ0v) is 13.5. The topological polar surface area (TPSA) is 58.4 Å². The number of nitrogens with zero attached hydrogens (tertiary/aromatic N) is 2. The molecule has 7 heteroatoms. The molecule has 1 aromatic rings. The van der Waals surface area contributed by atoms with Crippen molar-refractivity contribution in [3.8, 4) is 0 Å². The molecule has 21 heavy (non-hydrogen) atoms. The van der Waals surface area contributed by atoms with Gasteiger partial charge in [0.15, 0.2) is 0 Å². The van der Waals surface area contributed by atoms with E-state index in [0.717, 1.165) is 25.6 Å². The summed E-state index contributed by atoms with van der Waals surface area (Å²) >= 11 is 12.1. The second-order valence-electron chi connectivity index (χ2n) is 5.49. The first-order valence-electron chi connectivity index (χ1n) is 7.07. The van der Waals surface area contributed by atoms with Gasteiger partial charge >= 0.3 is 0 Å². The quantitative estimate of drug-likeness (QED) is 0.653. The van der Waals surface area contributed by atoms with E-state index >= 15 is 0 Å². The van der Waals surface area contributed by atoms with E-state index in [-0.39, 0.29) is 15.7 Å². The van der Waals surface area contributed by atoms with E-state index in [1.165, 1.54) is 25.0 Å². The van der Waals surface area contributed by atoms with E-state index in [1.54, 1.807) is 0 Å². The molecule has 0 saturated carbocycles. The second kappa shape index (κ2) is 7.29. The molecule has 116 valence electrons. The summed E-state index contributed by atoms with van der Waals surface area (Å²) in [5.74, 6) is 0.813. The molecule has 0 unspecified atom stereocenters. The third-order valence-corrected chi connectivity index (χ3v) is 4.44. The van der Waals surface area contributed by atoms with Crippen molar-refractivity contribution in [3.63, 3.8) is 0 Å². The van der Waals surface area contributed by atoms with Gasteiger partial charge < -0.3 is 10.2 Å². The van der Waals surface area contributed by atoms with Gasteiger partial charge in [-0.2, -0.15) is 0 Å². The molecule has 0 aromatic heterocycles. The maximum absolute atomic E-state index is 10.7. The van der Waals surface area contributed by atoms with Crippen LogP contribution in [-0.4, -0.2) is 36.0 Å². The van der Waals surface area contributed by atoms with E-state index in [0.29, 0.717) is 12.2 Å². The van der Waals surface area contributed by atoms with Crippen LogP contribution in [0, 0.1) is 16.0 Å². The zero-order chi connectivity index (χ0) is 15.4. The second-order valence-corrected chi connectivity index (χ2v) is 6.31. The molecule has 1 aromatic carbocycles. The fourth-order valence-electron chi connectivity index (χ4n) is 2.46. The van der Waals surface area contributed by atoms with Crippen LogP contribution in [0.5, 0.6) is 0 Å². The van der Waals surface area contributed by atoms with Crippen LogP contribution >= 0.6 is 23.2 Å². The molecule has 0 spiro atoms. The van der Waals surface area contributed by atoms with Gasteiger partial charge in [-0.3, -0.25) is 10.1 Å². The Morgan fingerprint density at radius 2 is 1.90 bits per heavy atom. The number of benzene rings is 1. The molecule has 1 N–H and O–H groups in total. The van der Waals surface area contributed by atoms with Crippen molar-refractivity contribution < 1.29 is 4.92 Å². The number of hydrogen-bond donors (Lipinski definition) is 1. The Balaban J connectivity index is 1.90. The number of nitro benzene ring substituents is 1. The summed E-state index contributed by atoms with van der Waals surface area (Å²) in [5.41, 5.74) is 0.467. The third kappa shape index (κ3) is 4.46. The van der Waals surface area contributed by atoms with Gasteiger partial charge in [0, 0.05) is 25.2 Å². The van der Waals surface area contributed by atoms with Crippen LogP contribution in [0.15, 0.2) is 12.1 Å². The predicted molar refractivity (Wildman–Crippen MR) is 86.4 cm³/mol. The summed E-state index contributed by atoms with van der Waals surface area (Å²) < 4.78 is 0. The lowest BCUT2D eigenvalue weighted by molar-refractivity contribution is -0.384. The average molecular weight is 332 g/mol. The number of rotatable bonds is 5. The van der Waals surface area contributed by atoms with Crippen LogP contribution in [0.25, 0.3) is 0 Å². The highest BCUT2D eigenvalue weighted by molar-refractivity contribution is 6.39. The molecule has 1 saturated heterocycles. The van der Waals surface area contributed by atoms with Crippen molar-refractivity contribution in [2.45, 2.75) is 19.8 Å². The fraction of sp³-hybridized carbons (Fsp3) is 0.571. The van der Waals surface area contributed by atoms with Crippen molar-refractivity contribution in [1.29, 1.82) is 0 Å². The van der Waals surface area contributed by atoms with Crippen LogP contribution in [0.4, 0.5) is 11.4 Å². The zero-order valence-electron chi connectivity index (χ0n) is 11.9. The van der Waals surface area contributed by atoms with Crippen LogP contribution in [0.3, 0.4) is 0 Å². The van der Waals surface area contributed by atoms with E-state index in [1.807, 2.05) is 0 Å². The third-order valence-electron chi connectivity index (χ3n) is 3.84. The highest BCUT2D eigenvalue weighted by Gasteiger charge is 2.17. The van der Waals surface area contributed by atoms with E-state index in [2.05, 4.69) is 17.1 Å². The Bertz CT molecular complexity index is 494. The molecule has 2 rings (SSSR count). The number of likely N-dealkylation sites (tertiary alicyclic amines) is 1. The molecule has 1 aliphatic heterocycles. The lowest BCUT2D eigenvalue weighted by atomic mass is 9.99. The van der Waals surface area contributed by atoms with Gasteiger partial charge in [0.25, 0.3) is 5.69 Å². The van der Waals surface area contributed by atoms with Gasteiger partial charge in [0.1, 0.15) is 0 Å². The molecule has 1 aliphatic rings. The van der Waals surface area contributed by atoms with Gasteiger partial charge in [-0.15, -0.1) is 0 Å². The minimum absolute atomic E-state index is 0.0967. The Kier molecular flexibility index (Phi) is 5.67. The van der Waals surface area contributed by atoms with Crippen molar-refractivity contribution in [2.75, 3.05) is 31.5 Å². The van der Waals surface area contributed by atoms with Crippen LogP contribution in [0.1, 0.15) is 19.8 Å². The summed E-state index contributed by atoms with van der Waals surface area (Å²) in [6.07, 6.45) is 2.47. The molecule has 1 heterocycles. The number of nitrogens with one attached hydrogen (secondary N) is 1. The first kappa shape index (κ1) is 16.3. The Labute approximate surface area is 134 Å². The average Bonchev–Trinajstić information content (AvgIpc) is 2.43. The van der Waals surface area contributed by atoms with E-state index in [4.69, 9.17) is 23.2 Å². The number of piperidine rings is 1. The van der Waals surface area contributed by atoms with Gasteiger partial charge in [-0.05, 0) is 31.8 Å². The molecule has 1 fully saturated rings. The van der Waals surface area contributed by atoms with Crippen LogP contribution < -0.4 is 5.32 Å². The van der Waals surface area contributed by atoms with Crippen molar-refractivity contribution in [1.82, 2.24) is 4.90 Å². The number of hydrogen-bond acceptors (Lipinski definition) is 4. The number of non-ortho nitro benzene ring substituents is 1. The summed E-state index contributed by atoms with van der Waals surface area (Å²) in [4.78, 5) is 12.6. The van der Waals surface area contributed by atoms with Gasteiger partial charge in [0.05, 0.1) is 20.7 Å². The molecule has 0 radical (unpaired) electrons. The standard InChI is InChI=1S/C14H19Cl2N3O2/c1-10-2-5-18(6-3-10)7-4-17-14-12(15)8-11(19(20)21)9-13(14)16/h8-10,17H,2-7H2,1H3. The normalized spacial score (nSPS) is 16.9. The van der Waals surface area contributed by atoms with Crippen LogP contribution in [0.2, 0.25) is 10.0 Å². The first-order chi connectivity index (χ1) is 9.97. The number of halogens is 2. The Hall–Kier alpha value is -1.04. The Morgan fingerprint density at radius 1 is 1.33 bits per heavy atom. The van der Waals surface area contributed by atoms with Gasteiger partial charge in [-0.1, -0.05) is 30.1 Å². The van der Waals surface area contributed by atoms with Crippen molar-refractivity contribution in [2.24, 2.45) is 5.92 Å². The minimum Gasteiger partial charge on any atom is -0.381 e. The molecule has 0 bridgehead atoms. The number of nitro groups is 1. The molecule has 0 amide bonds. The lowest BCUT2D eigenvalue weighted by Crippen LogP contribution is -2.36. The summed E-state index contributed by atoms with van der Waals surface area (Å²) in [5, 5.41) is 14.5. The highest BCUT2D eigenvalue weighted by atomic mass is 35.5. The highest BCUT2D eigenvalue weighted by Crippen LogP contribution is 2.34. The van der Waals surface area contributed by atoms with Crippen molar-refractivity contribution >= 4 is 34.6 Å². The summed E-state index contributed by atoms with van der Waals surface area (Å²) in [7, 11) is 0. The van der Waals surface area contributed by atoms with E-state index < -0.39 is 4.92 Å². The smallest absolute Gasteiger partial charge is 0.272 e. The van der Waals surface area contributed by atoms with Crippen molar-refractivity contribution in [3.05, 3.63) is 32.3 Å². The summed E-state index contributed by atoms with van der Waals surface area (Å²) in [6.45, 7) is 6.14. The maximum atomic E-state index is 10.7. The lowest BCUT2D eigenvalue weighted by Gasteiger charge is -2.30. The SMILES string of the molecule is CC1CCN(CCNc2c(Cl)cc([N+](=O)[O-])cc2Cl)CC1. The fourth-order valence-corrected chi connectivity index (χ4v) is 3.07. The molecule has 5 nitrogen and oxygen atoms in total. The van der Waals surface area contributed by atoms with E-state index in [9.17, 15) is 10.1 Å². The summed E-state index contributed by atoms with van der Waals surface area (Å²) in [6, 6.07) is 2.64. The maximum Gasteiger partial charge on any atom is 0.272 e. The Morgan fingerprint density at radius 3 is 2.43 bits per heavy atom. The number of anilines is 1. The minimum atomic E-state index is -0.504. The predicted octanol–water partition coefficient (Wildman–Crippen LogP) is 4.05. The molecule has 0 aliphatic carbocycles. The van der Waals surface area contributed by atoms with Gasteiger partial charge in [-0.25, -0.2) is 0 Å². The largest absolute Gasteiger partial charge is 0.381 e. The van der Waals surface area contributed by atoms with Gasteiger partial charge in [0.2, 0.25) is 0 Å². The first-order valence-corrected chi connectivity index (χ1v) is 7.82. The molecular formula is C14H19Cl2N3O2. The van der Waals surface area contributed by atoms with Crippen LogP contribution in [-0.2, 0) is 0 Å². The molecule has 0 atom stereocenters. The molecular weight excluding hydrogens is 313 g/mol. The monoisotopic (exact) mass is 331 g/mol.